The monoisotopic (exact) mass is 364 g/mol. The molecule has 0 unspecified atom stereocenters. The van der Waals surface area contributed by atoms with Gasteiger partial charge in [0.2, 0.25) is 0 Å². The number of fused-ring (bicyclic) bond motifs is 1. The minimum atomic E-state index is -0.306. The molecule has 0 bridgehead atoms. The quantitative estimate of drug-likeness (QED) is 0.656. The van der Waals surface area contributed by atoms with Crippen LogP contribution in [0.3, 0.4) is 0 Å². The number of benzene rings is 3. The van der Waals surface area contributed by atoms with Crippen LogP contribution in [0.25, 0.3) is 10.8 Å². The predicted molar refractivity (Wildman–Crippen MR) is 110 cm³/mol. The smallest absolute Gasteiger partial charge is 0.261 e. The van der Waals surface area contributed by atoms with Crippen molar-refractivity contribution in [1.29, 1.82) is 0 Å². The average Bonchev–Trinajstić information content (AvgIpc) is 2.62. The lowest BCUT2D eigenvalue weighted by Gasteiger charge is -2.15. The van der Waals surface area contributed by atoms with Gasteiger partial charge in [-0.2, -0.15) is 0 Å². The van der Waals surface area contributed by atoms with Crippen LogP contribution < -0.4 is 15.4 Å². The zero-order valence-electron chi connectivity index (χ0n) is 14.7. The molecule has 0 aliphatic rings. The zero-order chi connectivity index (χ0) is 18.5. The van der Waals surface area contributed by atoms with Gasteiger partial charge in [0.1, 0.15) is 5.75 Å². The lowest BCUT2D eigenvalue weighted by molar-refractivity contribution is 0.0972. The molecule has 132 valence electrons. The van der Waals surface area contributed by atoms with Crippen molar-refractivity contribution in [2.75, 3.05) is 5.32 Å². The van der Waals surface area contributed by atoms with E-state index in [2.05, 4.69) is 10.6 Å². The Kier molecular flexibility index (Phi) is 5.49. The van der Waals surface area contributed by atoms with Crippen LogP contribution in [0.5, 0.6) is 5.75 Å². The maximum Gasteiger partial charge on any atom is 0.261 e. The van der Waals surface area contributed by atoms with E-state index in [9.17, 15) is 4.79 Å². The van der Waals surface area contributed by atoms with Gasteiger partial charge in [0.25, 0.3) is 5.91 Å². The third-order valence-corrected chi connectivity index (χ3v) is 3.96. The Balaban J connectivity index is 1.75. The number of amides is 1. The fourth-order valence-electron chi connectivity index (χ4n) is 2.67. The molecule has 0 atom stereocenters. The highest BCUT2D eigenvalue weighted by Gasteiger charge is 2.14. The van der Waals surface area contributed by atoms with Crippen molar-refractivity contribution < 1.29 is 9.53 Å². The number of hydrogen-bond acceptors (Lipinski definition) is 3. The van der Waals surface area contributed by atoms with E-state index < -0.39 is 0 Å². The Morgan fingerprint density at radius 1 is 0.962 bits per heavy atom. The van der Waals surface area contributed by atoms with Crippen molar-refractivity contribution >= 4 is 39.7 Å². The largest absolute Gasteiger partial charge is 0.490 e. The molecule has 5 heteroatoms. The standard InChI is InChI=1S/C21H20N2O2S/c1-14(2)25-19-13-6-5-11-17(19)20(24)23-21(26)22-18-12-7-9-15-8-3-4-10-16(15)18/h3-14H,1-2H3,(H2,22,23,24,26). The molecular formula is C21H20N2O2S. The Bertz CT molecular complexity index is 948. The van der Waals surface area contributed by atoms with Crippen LogP contribution in [0.15, 0.2) is 66.7 Å². The van der Waals surface area contributed by atoms with Crippen molar-refractivity contribution in [3.05, 3.63) is 72.3 Å². The summed E-state index contributed by atoms with van der Waals surface area (Å²) < 4.78 is 5.70. The van der Waals surface area contributed by atoms with E-state index in [1.165, 1.54) is 0 Å². The van der Waals surface area contributed by atoms with Gasteiger partial charge in [0, 0.05) is 11.1 Å². The summed E-state index contributed by atoms with van der Waals surface area (Å²) in [6.45, 7) is 3.84. The highest BCUT2D eigenvalue weighted by Crippen LogP contribution is 2.23. The molecule has 3 aromatic rings. The van der Waals surface area contributed by atoms with Gasteiger partial charge in [-0.15, -0.1) is 0 Å². The second kappa shape index (κ2) is 7.97. The first-order valence-corrected chi connectivity index (χ1v) is 8.81. The summed E-state index contributed by atoms with van der Waals surface area (Å²) in [4.78, 5) is 12.6. The molecule has 4 nitrogen and oxygen atoms in total. The normalized spacial score (nSPS) is 10.6. The topological polar surface area (TPSA) is 50.4 Å². The molecule has 3 rings (SSSR count). The number of thiocarbonyl (C=S) groups is 1. The molecule has 0 spiro atoms. The van der Waals surface area contributed by atoms with E-state index in [-0.39, 0.29) is 17.1 Å². The minimum Gasteiger partial charge on any atom is -0.490 e. The van der Waals surface area contributed by atoms with Crippen LogP contribution in [0.4, 0.5) is 5.69 Å². The number of carbonyl (C=O) groups excluding carboxylic acids is 1. The van der Waals surface area contributed by atoms with Gasteiger partial charge in [-0.1, -0.05) is 48.5 Å². The van der Waals surface area contributed by atoms with Gasteiger partial charge < -0.3 is 10.1 Å². The molecule has 2 N–H and O–H groups in total. The van der Waals surface area contributed by atoms with Crippen LogP contribution in [0, 0.1) is 0 Å². The lowest BCUT2D eigenvalue weighted by atomic mass is 10.1. The molecular weight excluding hydrogens is 344 g/mol. The van der Waals surface area contributed by atoms with Crippen molar-refractivity contribution in [2.45, 2.75) is 20.0 Å². The maximum atomic E-state index is 12.6. The lowest BCUT2D eigenvalue weighted by Crippen LogP contribution is -2.34. The Labute approximate surface area is 158 Å². The van der Waals surface area contributed by atoms with Crippen LogP contribution in [-0.4, -0.2) is 17.1 Å². The van der Waals surface area contributed by atoms with Gasteiger partial charge in [-0.05, 0) is 49.7 Å². The van der Waals surface area contributed by atoms with Crippen molar-refractivity contribution in [3.63, 3.8) is 0 Å². The third-order valence-electron chi connectivity index (χ3n) is 3.76. The van der Waals surface area contributed by atoms with E-state index in [0.717, 1.165) is 16.5 Å². The van der Waals surface area contributed by atoms with Crippen molar-refractivity contribution in [1.82, 2.24) is 5.32 Å². The third kappa shape index (κ3) is 4.18. The molecule has 0 aliphatic heterocycles. The van der Waals surface area contributed by atoms with Crippen LogP contribution in [0.2, 0.25) is 0 Å². The molecule has 0 aliphatic carbocycles. The Morgan fingerprint density at radius 2 is 1.65 bits per heavy atom. The summed E-state index contributed by atoms with van der Waals surface area (Å²) in [5.74, 6) is 0.229. The van der Waals surface area contributed by atoms with Crippen molar-refractivity contribution in [2.24, 2.45) is 0 Å². The molecule has 0 aromatic heterocycles. The van der Waals surface area contributed by atoms with Crippen LogP contribution in [-0.2, 0) is 0 Å². The summed E-state index contributed by atoms with van der Waals surface area (Å²) in [5.41, 5.74) is 1.29. The first kappa shape index (κ1) is 17.9. The summed E-state index contributed by atoms with van der Waals surface area (Å²) in [6, 6.07) is 21.0. The molecule has 0 fully saturated rings. The number of anilines is 1. The molecule has 3 aromatic carbocycles. The molecule has 0 heterocycles. The number of nitrogens with one attached hydrogen (secondary N) is 2. The number of rotatable bonds is 4. The fraction of sp³-hybridized carbons (Fsp3) is 0.143. The van der Waals surface area contributed by atoms with E-state index in [1.807, 2.05) is 62.4 Å². The SMILES string of the molecule is CC(C)Oc1ccccc1C(=O)NC(=S)Nc1cccc2ccccc12. The number of carbonyl (C=O) groups is 1. The zero-order valence-corrected chi connectivity index (χ0v) is 15.5. The van der Waals surface area contributed by atoms with Crippen molar-refractivity contribution in [3.8, 4) is 5.75 Å². The van der Waals surface area contributed by atoms with E-state index in [4.69, 9.17) is 17.0 Å². The molecule has 0 saturated carbocycles. The predicted octanol–water partition coefficient (Wildman–Crippen LogP) is 4.75. The molecule has 0 saturated heterocycles. The average molecular weight is 364 g/mol. The van der Waals surface area contributed by atoms with Crippen LogP contribution >= 0.6 is 12.2 Å². The fourth-order valence-corrected chi connectivity index (χ4v) is 2.87. The highest BCUT2D eigenvalue weighted by molar-refractivity contribution is 7.80. The first-order valence-electron chi connectivity index (χ1n) is 8.40. The van der Waals surface area contributed by atoms with E-state index in [1.54, 1.807) is 18.2 Å². The number of ether oxygens (including phenoxy) is 1. The van der Waals surface area contributed by atoms with Gasteiger partial charge in [-0.25, -0.2) is 0 Å². The Morgan fingerprint density at radius 3 is 2.46 bits per heavy atom. The van der Waals surface area contributed by atoms with E-state index >= 15 is 0 Å². The molecule has 1 amide bonds. The van der Waals surface area contributed by atoms with Gasteiger partial charge in [-0.3, -0.25) is 10.1 Å². The van der Waals surface area contributed by atoms with Gasteiger partial charge >= 0.3 is 0 Å². The van der Waals surface area contributed by atoms with E-state index in [0.29, 0.717) is 11.3 Å². The Hall–Kier alpha value is -2.92. The maximum absolute atomic E-state index is 12.6. The van der Waals surface area contributed by atoms with Gasteiger partial charge in [0.15, 0.2) is 5.11 Å². The summed E-state index contributed by atoms with van der Waals surface area (Å²) in [5, 5.41) is 8.21. The second-order valence-electron chi connectivity index (χ2n) is 6.10. The minimum absolute atomic E-state index is 0.0234. The van der Waals surface area contributed by atoms with Crippen LogP contribution in [0.1, 0.15) is 24.2 Å². The second-order valence-corrected chi connectivity index (χ2v) is 6.51. The highest BCUT2D eigenvalue weighted by atomic mass is 32.1. The summed E-state index contributed by atoms with van der Waals surface area (Å²) in [6.07, 6.45) is -0.0234. The number of para-hydroxylation sites is 1. The first-order chi connectivity index (χ1) is 12.5. The summed E-state index contributed by atoms with van der Waals surface area (Å²) >= 11 is 5.32. The number of hydrogen-bond donors (Lipinski definition) is 2. The van der Waals surface area contributed by atoms with Gasteiger partial charge in [0.05, 0.1) is 11.7 Å². The molecule has 0 radical (unpaired) electrons. The summed E-state index contributed by atoms with van der Waals surface area (Å²) in [7, 11) is 0. The molecule has 26 heavy (non-hydrogen) atoms.